The van der Waals surface area contributed by atoms with Gasteiger partial charge in [-0.1, -0.05) is 18.2 Å². The normalized spacial score (nSPS) is 13.8. The minimum atomic E-state index is -0.434. The van der Waals surface area contributed by atoms with Crippen molar-refractivity contribution in [3.05, 3.63) is 42.5 Å². The van der Waals surface area contributed by atoms with Crippen LogP contribution < -0.4 is 0 Å². The number of benzene rings is 1. The lowest BCUT2D eigenvalue weighted by atomic mass is 10.1. The smallest absolute Gasteiger partial charge is 0.247 e. The first kappa shape index (κ1) is 14.0. The minimum absolute atomic E-state index is 0.0914. The van der Waals surface area contributed by atoms with E-state index in [0.717, 1.165) is 0 Å². The molecule has 0 bridgehead atoms. The lowest BCUT2D eigenvalue weighted by Gasteiger charge is -2.28. The summed E-state index contributed by atoms with van der Waals surface area (Å²) in [5, 5.41) is 13.8. The number of carbonyl (C=O) groups excluding carboxylic acids is 1. The second-order valence-corrected chi connectivity index (χ2v) is 4.74. The van der Waals surface area contributed by atoms with E-state index in [1.807, 2.05) is 19.1 Å². The average Bonchev–Trinajstić information content (AvgIpc) is 2.99. The molecular formula is C14H18N4O2. The molecule has 20 heavy (non-hydrogen) atoms. The second kappa shape index (κ2) is 5.73. The van der Waals surface area contributed by atoms with Gasteiger partial charge in [-0.25, -0.2) is 9.67 Å². The van der Waals surface area contributed by atoms with Gasteiger partial charge in [0.1, 0.15) is 24.4 Å². The SMILES string of the molecule is CC(c1ccccc1O)N(C)C(=O)C(C)n1cncn1. The number of hydrogen-bond donors (Lipinski definition) is 1. The zero-order chi connectivity index (χ0) is 14.7. The highest BCUT2D eigenvalue weighted by molar-refractivity contribution is 5.80. The van der Waals surface area contributed by atoms with Crippen molar-refractivity contribution in [3.63, 3.8) is 0 Å². The van der Waals surface area contributed by atoms with Crippen molar-refractivity contribution in [1.29, 1.82) is 0 Å². The molecule has 0 saturated carbocycles. The summed E-state index contributed by atoms with van der Waals surface area (Å²) in [5.74, 6) is 0.0966. The minimum Gasteiger partial charge on any atom is -0.508 e. The number of carbonyl (C=O) groups is 1. The van der Waals surface area contributed by atoms with E-state index >= 15 is 0 Å². The van der Waals surface area contributed by atoms with Crippen molar-refractivity contribution < 1.29 is 9.90 Å². The zero-order valence-corrected chi connectivity index (χ0v) is 11.8. The number of aromatic nitrogens is 3. The monoisotopic (exact) mass is 274 g/mol. The van der Waals surface area contributed by atoms with Crippen LogP contribution in [-0.2, 0) is 4.79 Å². The topological polar surface area (TPSA) is 71.2 Å². The standard InChI is InChI=1S/C14H18N4O2/c1-10(12-6-4-5-7-13(12)19)17(3)14(20)11(2)18-9-15-8-16-18/h4-11,19H,1-3H3. The third-order valence-corrected chi connectivity index (χ3v) is 3.51. The van der Waals surface area contributed by atoms with Gasteiger partial charge in [0, 0.05) is 12.6 Å². The van der Waals surface area contributed by atoms with Gasteiger partial charge in [0.2, 0.25) is 5.91 Å². The summed E-state index contributed by atoms with van der Waals surface area (Å²) in [6.45, 7) is 3.64. The quantitative estimate of drug-likeness (QED) is 0.922. The predicted octanol–water partition coefficient (Wildman–Crippen LogP) is 1.76. The number of nitrogens with zero attached hydrogens (tertiary/aromatic N) is 4. The number of rotatable bonds is 4. The fourth-order valence-electron chi connectivity index (χ4n) is 2.07. The van der Waals surface area contributed by atoms with E-state index in [2.05, 4.69) is 10.1 Å². The molecule has 0 spiro atoms. The van der Waals surface area contributed by atoms with Crippen molar-refractivity contribution in [1.82, 2.24) is 19.7 Å². The molecule has 1 aromatic heterocycles. The molecule has 0 aliphatic carbocycles. The molecule has 0 aliphatic rings. The van der Waals surface area contributed by atoms with Crippen molar-refractivity contribution in [3.8, 4) is 5.75 Å². The van der Waals surface area contributed by atoms with Crippen molar-refractivity contribution in [2.75, 3.05) is 7.05 Å². The van der Waals surface area contributed by atoms with Gasteiger partial charge in [0.25, 0.3) is 0 Å². The Labute approximate surface area is 117 Å². The van der Waals surface area contributed by atoms with E-state index in [9.17, 15) is 9.90 Å². The van der Waals surface area contributed by atoms with Crippen LogP contribution in [0.3, 0.4) is 0 Å². The van der Waals surface area contributed by atoms with Gasteiger partial charge in [-0.15, -0.1) is 0 Å². The summed E-state index contributed by atoms with van der Waals surface area (Å²) in [6.07, 6.45) is 2.91. The molecule has 2 rings (SSSR count). The molecule has 1 heterocycles. The highest BCUT2D eigenvalue weighted by Crippen LogP contribution is 2.28. The van der Waals surface area contributed by atoms with Crippen molar-refractivity contribution in [2.24, 2.45) is 0 Å². The first-order valence-corrected chi connectivity index (χ1v) is 6.41. The molecule has 1 aromatic carbocycles. The summed E-state index contributed by atoms with van der Waals surface area (Å²) in [4.78, 5) is 17.9. The molecule has 1 N–H and O–H groups in total. The number of phenols is 1. The van der Waals surface area contributed by atoms with Gasteiger partial charge in [-0.3, -0.25) is 4.79 Å². The molecule has 0 radical (unpaired) electrons. The zero-order valence-electron chi connectivity index (χ0n) is 11.8. The first-order valence-electron chi connectivity index (χ1n) is 6.41. The Kier molecular flexibility index (Phi) is 4.02. The van der Waals surface area contributed by atoms with Gasteiger partial charge in [-0.2, -0.15) is 5.10 Å². The fraction of sp³-hybridized carbons (Fsp3) is 0.357. The summed E-state index contributed by atoms with van der Waals surface area (Å²) >= 11 is 0. The van der Waals surface area contributed by atoms with E-state index in [1.54, 1.807) is 31.0 Å². The van der Waals surface area contributed by atoms with E-state index < -0.39 is 6.04 Å². The Morgan fingerprint density at radius 1 is 1.35 bits per heavy atom. The number of aromatic hydroxyl groups is 1. The summed E-state index contributed by atoms with van der Waals surface area (Å²) < 4.78 is 1.51. The molecular weight excluding hydrogens is 256 g/mol. The maximum absolute atomic E-state index is 12.4. The average molecular weight is 274 g/mol. The van der Waals surface area contributed by atoms with Crippen molar-refractivity contribution in [2.45, 2.75) is 25.9 Å². The molecule has 6 heteroatoms. The third-order valence-electron chi connectivity index (χ3n) is 3.51. The highest BCUT2D eigenvalue weighted by Gasteiger charge is 2.25. The summed E-state index contributed by atoms with van der Waals surface area (Å²) in [5.41, 5.74) is 0.717. The van der Waals surface area contributed by atoms with Gasteiger partial charge < -0.3 is 10.0 Å². The lowest BCUT2D eigenvalue weighted by molar-refractivity contribution is -0.135. The molecule has 1 amide bonds. The Morgan fingerprint density at radius 3 is 2.65 bits per heavy atom. The molecule has 2 unspecified atom stereocenters. The molecule has 0 fully saturated rings. The molecule has 6 nitrogen and oxygen atoms in total. The molecule has 0 aliphatic heterocycles. The Balaban J connectivity index is 2.16. The Morgan fingerprint density at radius 2 is 2.05 bits per heavy atom. The highest BCUT2D eigenvalue weighted by atomic mass is 16.3. The number of likely N-dealkylation sites (N-methyl/N-ethyl adjacent to an activating group) is 1. The maximum atomic E-state index is 12.4. The van der Waals surface area contributed by atoms with E-state index in [0.29, 0.717) is 5.56 Å². The van der Waals surface area contributed by atoms with Crippen LogP contribution >= 0.6 is 0 Å². The van der Waals surface area contributed by atoms with Crippen LogP contribution in [0.4, 0.5) is 0 Å². The lowest BCUT2D eigenvalue weighted by Crippen LogP contribution is -2.35. The number of phenolic OH excluding ortho intramolecular Hbond substituents is 1. The number of hydrogen-bond acceptors (Lipinski definition) is 4. The Bertz CT molecular complexity index is 583. The number of para-hydroxylation sites is 1. The number of amides is 1. The third kappa shape index (κ3) is 2.64. The van der Waals surface area contributed by atoms with Gasteiger partial charge >= 0.3 is 0 Å². The summed E-state index contributed by atoms with van der Waals surface area (Å²) in [6, 6.07) is 6.36. The predicted molar refractivity (Wildman–Crippen MR) is 74.0 cm³/mol. The van der Waals surface area contributed by atoms with Gasteiger partial charge in [0.15, 0.2) is 0 Å². The van der Waals surface area contributed by atoms with E-state index in [-0.39, 0.29) is 17.7 Å². The van der Waals surface area contributed by atoms with Crippen LogP contribution in [0.5, 0.6) is 5.75 Å². The summed E-state index contributed by atoms with van der Waals surface area (Å²) in [7, 11) is 1.72. The van der Waals surface area contributed by atoms with Gasteiger partial charge in [-0.05, 0) is 19.9 Å². The largest absolute Gasteiger partial charge is 0.508 e. The fourth-order valence-corrected chi connectivity index (χ4v) is 2.07. The maximum Gasteiger partial charge on any atom is 0.247 e. The molecule has 2 aromatic rings. The van der Waals surface area contributed by atoms with Crippen LogP contribution in [0.25, 0.3) is 0 Å². The van der Waals surface area contributed by atoms with E-state index in [4.69, 9.17) is 0 Å². The Hall–Kier alpha value is -2.37. The van der Waals surface area contributed by atoms with Crippen LogP contribution in [0.1, 0.15) is 31.5 Å². The second-order valence-electron chi connectivity index (χ2n) is 4.74. The van der Waals surface area contributed by atoms with Gasteiger partial charge in [0.05, 0.1) is 6.04 Å². The molecule has 0 saturated heterocycles. The van der Waals surface area contributed by atoms with E-state index in [1.165, 1.54) is 17.3 Å². The van der Waals surface area contributed by atoms with Crippen LogP contribution in [0.15, 0.2) is 36.9 Å². The van der Waals surface area contributed by atoms with Crippen LogP contribution in [-0.4, -0.2) is 37.7 Å². The van der Waals surface area contributed by atoms with Crippen LogP contribution in [0.2, 0.25) is 0 Å². The van der Waals surface area contributed by atoms with Crippen molar-refractivity contribution >= 4 is 5.91 Å². The molecule has 2 atom stereocenters. The first-order chi connectivity index (χ1) is 9.52. The van der Waals surface area contributed by atoms with Crippen LogP contribution in [0, 0.1) is 0 Å². The molecule has 106 valence electrons.